The van der Waals surface area contributed by atoms with Crippen LogP contribution in [-0.2, 0) is 14.4 Å². The monoisotopic (exact) mass is 484 g/mol. The number of nitrogens with zero attached hydrogens (tertiary/aromatic N) is 2. The molecule has 31 heavy (non-hydrogen) atoms. The summed E-state index contributed by atoms with van der Waals surface area (Å²) in [7, 11) is 0. The number of fused-ring (bicyclic) bond motifs is 1. The standard InChI is InChI=1S/C22H21BrN4O4/c23-14-8-9-18(24-11-14)26-20(29)13-4-3-5-15(10-13)25-19(28)12-27-21(30)16-6-1-2-7-17(16)22(27)31/h3-5,8-11,16-17H,1-2,6-7,12H2,(H,25,28)(H,24,26,29). The highest BCUT2D eigenvalue weighted by Gasteiger charge is 2.48. The number of hydrogen-bond donors (Lipinski definition) is 2. The van der Waals surface area contributed by atoms with Crippen LogP contribution >= 0.6 is 15.9 Å². The van der Waals surface area contributed by atoms with Crippen LogP contribution in [0.25, 0.3) is 0 Å². The number of imide groups is 1. The number of likely N-dealkylation sites (tertiary alicyclic amines) is 1. The summed E-state index contributed by atoms with van der Waals surface area (Å²) in [6.07, 6.45) is 4.86. The summed E-state index contributed by atoms with van der Waals surface area (Å²) in [6.45, 7) is -0.316. The minimum absolute atomic E-state index is 0.250. The number of nitrogens with one attached hydrogen (secondary N) is 2. The molecule has 2 N–H and O–H groups in total. The van der Waals surface area contributed by atoms with Crippen molar-refractivity contribution in [2.45, 2.75) is 25.7 Å². The maximum absolute atomic E-state index is 12.5. The van der Waals surface area contributed by atoms with Crippen molar-refractivity contribution in [1.29, 1.82) is 0 Å². The smallest absolute Gasteiger partial charge is 0.256 e. The first-order valence-electron chi connectivity index (χ1n) is 10.1. The van der Waals surface area contributed by atoms with E-state index in [4.69, 9.17) is 0 Å². The molecule has 2 aromatic rings. The Hall–Kier alpha value is -3.07. The van der Waals surface area contributed by atoms with E-state index >= 15 is 0 Å². The third-order valence-corrected chi connectivity index (χ3v) is 6.08. The fourth-order valence-corrected chi connectivity index (χ4v) is 4.34. The summed E-state index contributed by atoms with van der Waals surface area (Å²) in [5, 5.41) is 5.35. The van der Waals surface area contributed by atoms with E-state index in [1.54, 1.807) is 36.5 Å². The second-order valence-corrected chi connectivity index (χ2v) is 8.62. The van der Waals surface area contributed by atoms with Gasteiger partial charge in [0.15, 0.2) is 0 Å². The molecular weight excluding hydrogens is 464 g/mol. The van der Waals surface area contributed by atoms with E-state index in [0.717, 1.165) is 22.2 Å². The lowest BCUT2D eigenvalue weighted by Gasteiger charge is -2.19. The van der Waals surface area contributed by atoms with Crippen LogP contribution < -0.4 is 10.6 Å². The molecule has 1 aromatic carbocycles. The molecule has 0 radical (unpaired) electrons. The Balaban J connectivity index is 1.38. The van der Waals surface area contributed by atoms with Crippen LogP contribution in [0.4, 0.5) is 11.5 Å². The van der Waals surface area contributed by atoms with E-state index < -0.39 is 5.91 Å². The minimum atomic E-state index is -0.479. The maximum atomic E-state index is 12.5. The lowest BCUT2D eigenvalue weighted by atomic mass is 9.81. The normalized spacial score (nSPS) is 20.4. The van der Waals surface area contributed by atoms with Crippen LogP contribution in [0.1, 0.15) is 36.0 Å². The van der Waals surface area contributed by atoms with E-state index in [1.165, 1.54) is 6.07 Å². The van der Waals surface area contributed by atoms with E-state index in [1.807, 2.05) is 0 Å². The van der Waals surface area contributed by atoms with E-state index in [9.17, 15) is 19.2 Å². The van der Waals surface area contributed by atoms with Crippen molar-refractivity contribution >= 4 is 51.1 Å². The van der Waals surface area contributed by atoms with Crippen molar-refractivity contribution < 1.29 is 19.2 Å². The van der Waals surface area contributed by atoms with Gasteiger partial charge in [-0.2, -0.15) is 0 Å². The highest BCUT2D eigenvalue weighted by Crippen LogP contribution is 2.37. The number of rotatable bonds is 5. The summed E-state index contributed by atoms with van der Waals surface area (Å²) < 4.78 is 0.796. The third-order valence-electron chi connectivity index (χ3n) is 5.61. The van der Waals surface area contributed by atoms with Crippen LogP contribution in [0.15, 0.2) is 47.1 Å². The fraction of sp³-hybridized carbons (Fsp3) is 0.318. The maximum Gasteiger partial charge on any atom is 0.256 e. The molecule has 1 aromatic heterocycles. The number of carbonyl (C=O) groups excluding carboxylic acids is 4. The zero-order chi connectivity index (χ0) is 22.0. The molecule has 1 saturated heterocycles. The molecule has 2 fully saturated rings. The molecular formula is C22H21BrN4O4. The molecule has 2 aliphatic rings. The Bertz CT molecular complexity index is 1020. The van der Waals surface area contributed by atoms with Gasteiger partial charge in [-0.15, -0.1) is 0 Å². The topological polar surface area (TPSA) is 108 Å². The van der Waals surface area contributed by atoms with Gasteiger partial charge >= 0.3 is 0 Å². The average molecular weight is 485 g/mol. The van der Waals surface area contributed by atoms with Gasteiger partial charge in [0.2, 0.25) is 17.7 Å². The van der Waals surface area contributed by atoms with Gasteiger partial charge < -0.3 is 10.6 Å². The minimum Gasteiger partial charge on any atom is -0.325 e. The number of amides is 4. The molecule has 1 saturated carbocycles. The van der Waals surface area contributed by atoms with Crippen molar-refractivity contribution in [3.8, 4) is 0 Å². The molecule has 1 aliphatic heterocycles. The van der Waals surface area contributed by atoms with Gasteiger partial charge in [0.05, 0.1) is 11.8 Å². The van der Waals surface area contributed by atoms with E-state index in [-0.39, 0.29) is 36.1 Å². The predicted octanol–water partition coefficient (Wildman–Crippen LogP) is 3.21. The van der Waals surface area contributed by atoms with Gasteiger partial charge in [0.25, 0.3) is 5.91 Å². The van der Waals surface area contributed by atoms with Crippen molar-refractivity contribution in [3.05, 3.63) is 52.6 Å². The van der Waals surface area contributed by atoms with E-state index in [0.29, 0.717) is 29.9 Å². The SMILES string of the molecule is O=C(CN1C(=O)C2CCCCC2C1=O)Nc1cccc(C(=O)Nc2ccc(Br)cn2)c1. The zero-order valence-corrected chi connectivity index (χ0v) is 18.2. The highest BCUT2D eigenvalue weighted by atomic mass is 79.9. The molecule has 2 unspecified atom stereocenters. The number of hydrogen-bond acceptors (Lipinski definition) is 5. The Morgan fingerprint density at radius 2 is 1.74 bits per heavy atom. The van der Waals surface area contributed by atoms with Gasteiger partial charge in [-0.25, -0.2) is 4.98 Å². The van der Waals surface area contributed by atoms with Gasteiger partial charge in [0.1, 0.15) is 12.4 Å². The highest BCUT2D eigenvalue weighted by molar-refractivity contribution is 9.10. The molecule has 160 valence electrons. The molecule has 1 aliphatic carbocycles. The van der Waals surface area contributed by atoms with Gasteiger partial charge in [-0.05, 0) is 59.1 Å². The first kappa shape index (κ1) is 21.2. The van der Waals surface area contributed by atoms with Gasteiger partial charge in [-0.3, -0.25) is 24.1 Å². The number of halogens is 1. The van der Waals surface area contributed by atoms with Crippen molar-refractivity contribution in [2.75, 3.05) is 17.2 Å². The largest absolute Gasteiger partial charge is 0.325 e. The zero-order valence-electron chi connectivity index (χ0n) is 16.6. The number of benzene rings is 1. The van der Waals surface area contributed by atoms with Crippen molar-refractivity contribution in [1.82, 2.24) is 9.88 Å². The van der Waals surface area contributed by atoms with E-state index in [2.05, 4.69) is 31.5 Å². The Kier molecular flexibility index (Phi) is 6.13. The lowest BCUT2D eigenvalue weighted by molar-refractivity contribution is -0.142. The first-order valence-corrected chi connectivity index (χ1v) is 10.9. The summed E-state index contributed by atoms with van der Waals surface area (Å²) >= 11 is 3.28. The van der Waals surface area contributed by atoms with Crippen LogP contribution in [0.5, 0.6) is 0 Å². The molecule has 4 amide bonds. The van der Waals surface area contributed by atoms with Crippen LogP contribution in [0, 0.1) is 11.8 Å². The second kappa shape index (κ2) is 8.97. The van der Waals surface area contributed by atoms with Gasteiger partial charge in [-0.1, -0.05) is 18.9 Å². The number of aromatic nitrogens is 1. The quantitative estimate of drug-likeness (QED) is 0.633. The first-order chi connectivity index (χ1) is 14.9. The summed E-state index contributed by atoms with van der Waals surface area (Å²) in [4.78, 5) is 55.2. The molecule has 8 nitrogen and oxygen atoms in total. The fourth-order valence-electron chi connectivity index (χ4n) is 4.11. The number of pyridine rings is 1. The number of carbonyl (C=O) groups is 4. The van der Waals surface area contributed by atoms with Crippen LogP contribution in [-0.4, -0.2) is 40.1 Å². The van der Waals surface area contributed by atoms with Crippen LogP contribution in [0.2, 0.25) is 0 Å². The van der Waals surface area contributed by atoms with Crippen molar-refractivity contribution in [2.24, 2.45) is 11.8 Å². The average Bonchev–Trinajstić information content (AvgIpc) is 3.00. The predicted molar refractivity (Wildman–Crippen MR) is 117 cm³/mol. The lowest BCUT2D eigenvalue weighted by Crippen LogP contribution is -2.38. The second-order valence-electron chi connectivity index (χ2n) is 7.70. The van der Waals surface area contributed by atoms with Crippen LogP contribution in [0.3, 0.4) is 0 Å². The molecule has 9 heteroatoms. The molecule has 0 bridgehead atoms. The Morgan fingerprint density at radius 1 is 1.03 bits per heavy atom. The summed E-state index contributed by atoms with van der Waals surface area (Å²) in [5.74, 6) is -1.52. The Morgan fingerprint density at radius 3 is 2.39 bits per heavy atom. The Labute approximate surface area is 187 Å². The van der Waals surface area contributed by atoms with Crippen molar-refractivity contribution in [3.63, 3.8) is 0 Å². The molecule has 2 heterocycles. The molecule has 0 spiro atoms. The summed E-state index contributed by atoms with van der Waals surface area (Å²) in [5.41, 5.74) is 0.736. The van der Waals surface area contributed by atoms with Gasteiger partial charge in [0, 0.05) is 21.9 Å². The molecule has 2 atom stereocenters. The third kappa shape index (κ3) is 4.66. The number of anilines is 2. The summed E-state index contributed by atoms with van der Waals surface area (Å²) in [6, 6.07) is 9.84. The molecule has 4 rings (SSSR count).